The Morgan fingerprint density at radius 3 is 2.09 bits per heavy atom. The number of ether oxygens (including phenoxy) is 1. The predicted octanol–water partition coefficient (Wildman–Crippen LogP) is 5.00. The highest BCUT2D eigenvalue weighted by Gasteiger charge is 2.29. The van der Waals surface area contributed by atoms with Crippen LogP contribution in [0.15, 0.2) is 48.5 Å². The van der Waals surface area contributed by atoms with Crippen LogP contribution in [0.2, 0.25) is 0 Å². The zero-order chi connectivity index (χ0) is 24.1. The number of benzene rings is 2. The van der Waals surface area contributed by atoms with E-state index in [-0.39, 0.29) is 29.4 Å². The predicted molar refractivity (Wildman–Crippen MR) is 130 cm³/mol. The molecule has 5 nitrogen and oxygen atoms in total. The van der Waals surface area contributed by atoms with E-state index in [9.17, 15) is 9.59 Å². The summed E-state index contributed by atoms with van der Waals surface area (Å²) in [6.07, 6.45) is 0. The molecule has 1 atom stereocenters. The fourth-order valence-corrected chi connectivity index (χ4v) is 3.31. The Kier molecular flexibility index (Phi) is 8.11. The SMILES string of the molecule is Cc1ccccc1CN(C(=O)COc1ccc(C(C)(C)C)cc1)C(C)C(=O)NC(C)(C)C. The molecule has 1 N–H and O–H groups in total. The van der Waals surface area contributed by atoms with Crippen LogP contribution in [0.25, 0.3) is 0 Å². The standard InChI is InChI=1S/C27H38N2O3/c1-19-11-9-10-12-21(19)17-29(20(2)25(31)28-27(6,7)8)24(30)18-32-23-15-13-22(14-16-23)26(3,4)5/h9-16,20H,17-18H2,1-8H3,(H,28,31). The molecular weight excluding hydrogens is 400 g/mol. The van der Waals surface area contributed by atoms with Crippen molar-refractivity contribution < 1.29 is 14.3 Å². The van der Waals surface area contributed by atoms with Crippen molar-refractivity contribution >= 4 is 11.8 Å². The van der Waals surface area contributed by atoms with E-state index in [2.05, 4.69) is 26.1 Å². The largest absolute Gasteiger partial charge is 0.484 e. The molecule has 32 heavy (non-hydrogen) atoms. The number of nitrogens with zero attached hydrogens (tertiary/aromatic N) is 1. The summed E-state index contributed by atoms with van der Waals surface area (Å²) >= 11 is 0. The van der Waals surface area contributed by atoms with Gasteiger partial charge in [0.2, 0.25) is 5.91 Å². The minimum Gasteiger partial charge on any atom is -0.484 e. The molecule has 0 aliphatic heterocycles. The van der Waals surface area contributed by atoms with Gasteiger partial charge in [0.15, 0.2) is 6.61 Å². The molecule has 0 saturated heterocycles. The molecule has 2 amide bonds. The Labute approximate surface area is 193 Å². The monoisotopic (exact) mass is 438 g/mol. The van der Waals surface area contributed by atoms with Crippen LogP contribution in [0.5, 0.6) is 5.75 Å². The molecule has 2 rings (SSSR count). The normalized spacial score (nSPS) is 12.8. The van der Waals surface area contributed by atoms with Gasteiger partial charge in [-0.15, -0.1) is 0 Å². The Bertz CT molecular complexity index is 921. The van der Waals surface area contributed by atoms with Crippen molar-refractivity contribution in [3.8, 4) is 5.75 Å². The zero-order valence-electron chi connectivity index (χ0n) is 20.8. The van der Waals surface area contributed by atoms with E-state index in [1.165, 1.54) is 5.56 Å². The number of rotatable bonds is 7. The van der Waals surface area contributed by atoms with E-state index >= 15 is 0 Å². The summed E-state index contributed by atoms with van der Waals surface area (Å²) in [4.78, 5) is 27.6. The van der Waals surface area contributed by atoms with Crippen molar-refractivity contribution in [3.05, 3.63) is 65.2 Å². The molecule has 0 aliphatic rings. The Balaban J connectivity index is 2.17. The van der Waals surface area contributed by atoms with Crippen LogP contribution in [0.1, 0.15) is 65.2 Å². The van der Waals surface area contributed by atoms with Crippen molar-refractivity contribution in [2.24, 2.45) is 0 Å². The Hall–Kier alpha value is -2.82. The van der Waals surface area contributed by atoms with Crippen molar-refractivity contribution in [1.82, 2.24) is 10.2 Å². The molecule has 0 fully saturated rings. The first kappa shape index (κ1) is 25.4. The fraction of sp³-hybridized carbons (Fsp3) is 0.481. The van der Waals surface area contributed by atoms with Gasteiger partial charge in [0.25, 0.3) is 5.91 Å². The van der Waals surface area contributed by atoms with Gasteiger partial charge in [0, 0.05) is 12.1 Å². The number of nitrogens with one attached hydrogen (secondary N) is 1. The first-order valence-electron chi connectivity index (χ1n) is 11.2. The molecule has 1 unspecified atom stereocenters. The lowest BCUT2D eigenvalue weighted by atomic mass is 9.87. The third kappa shape index (κ3) is 7.40. The van der Waals surface area contributed by atoms with Crippen LogP contribution in [0.3, 0.4) is 0 Å². The molecule has 5 heteroatoms. The van der Waals surface area contributed by atoms with Gasteiger partial charge in [-0.25, -0.2) is 0 Å². The van der Waals surface area contributed by atoms with Gasteiger partial charge in [0.1, 0.15) is 11.8 Å². The van der Waals surface area contributed by atoms with Gasteiger partial charge in [-0.05, 0) is 68.9 Å². The second-order valence-corrected chi connectivity index (χ2v) is 10.4. The topological polar surface area (TPSA) is 58.6 Å². The van der Waals surface area contributed by atoms with Crippen LogP contribution < -0.4 is 10.1 Å². The van der Waals surface area contributed by atoms with Crippen molar-refractivity contribution in [2.75, 3.05) is 6.61 Å². The van der Waals surface area contributed by atoms with Gasteiger partial charge in [-0.3, -0.25) is 9.59 Å². The van der Waals surface area contributed by atoms with E-state index in [1.54, 1.807) is 11.8 Å². The fourth-order valence-electron chi connectivity index (χ4n) is 3.31. The molecule has 2 aromatic rings. The summed E-state index contributed by atoms with van der Waals surface area (Å²) in [7, 11) is 0. The minimum absolute atomic E-state index is 0.0501. The molecule has 0 aromatic heterocycles. The molecule has 0 heterocycles. The third-order valence-electron chi connectivity index (χ3n) is 5.35. The number of hydrogen-bond acceptors (Lipinski definition) is 3. The van der Waals surface area contributed by atoms with Crippen LogP contribution in [0, 0.1) is 6.92 Å². The van der Waals surface area contributed by atoms with Gasteiger partial charge in [0.05, 0.1) is 0 Å². The molecule has 0 saturated carbocycles. The number of hydrogen-bond donors (Lipinski definition) is 1. The Morgan fingerprint density at radius 2 is 1.56 bits per heavy atom. The lowest BCUT2D eigenvalue weighted by Gasteiger charge is -2.31. The maximum absolute atomic E-state index is 13.2. The Morgan fingerprint density at radius 1 is 0.969 bits per heavy atom. The molecule has 0 aliphatic carbocycles. The molecule has 0 spiro atoms. The van der Waals surface area contributed by atoms with Crippen LogP contribution >= 0.6 is 0 Å². The smallest absolute Gasteiger partial charge is 0.261 e. The molecule has 0 radical (unpaired) electrons. The summed E-state index contributed by atoms with van der Waals surface area (Å²) in [6, 6.07) is 15.1. The van der Waals surface area contributed by atoms with Crippen LogP contribution in [-0.4, -0.2) is 34.9 Å². The summed E-state index contributed by atoms with van der Waals surface area (Å²) in [5.74, 6) is 0.215. The van der Waals surface area contributed by atoms with E-state index in [0.29, 0.717) is 12.3 Å². The molecule has 2 aromatic carbocycles. The second-order valence-electron chi connectivity index (χ2n) is 10.4. The summed E-state index contributed by atoms with van der Waals surface area (Å²) in [6.45, 7) is 16.2. The number of aryl methyl sites for hydroxylation is 1. The van der Waals surface area contributed by atoms with Crippen LogP contribution in [-0.2, 0) is 21.5 Å². The van der Waals surface area contributed by atoms with Crippen molar-refractivity contribution in [1.29, 1.82) is 0 Å². The minimum atomic E-state index is -0.631. The summed E-state index contributed by atoms with van der Waals surface area (Å²) < 4.78 is 5.79. The number of carbonyl (C=O) groups is 2. The van der Waals surface area contributed by atoms with Gasteiger partial charge in [-0.2, -0.15) is 0 Å². The maximum atomic E-state index is 13.2. The van der Waals surface area contributed by atoms with E-state index in [1.807, 2.05) is 76.2 Å². The number of amides is 2. The average molecular weight is 439 g/mol. The van der Waals surface area contributed by atoms with Crippen LogP contribution in [0.4, 0.5) is 0 Å². The average Bonchev–Trinajstić information content (AvgIpc) is 2.69. The highest BCUT2D eigenvalue weighted by Crippen LogP contribution is 2.24. The first-order valence-corrected chi connectivity index (χ1v) is 11.2. The summed E-state index contributed by atoms with van der Waals surface area (Å²) in [5.41, 5.74) is 2.95. The quantitative estimate of drug-likeness (QED) is 0.662. The van der Waals surface area contributed by atoms with Crippen molar-refractivity contribution in [2.45, 2.75) is 78.9 Å². The third-order valence-corrected chi connectivity index (χ3v) is 5.35. The van der Waals surface area contributed by atoms with Gasteiger partial charge in [-0.1, -0.05) is 57.2 Å². The maximum Gasteiger partial charge on any atom is 0.261 e. The molecule has 0 bridgehead atoms. The van der Waals surface area contributed by atoms with E-state index in [4.69, 9.17) is 4.74 Å². The summed E-state index contributed by atoms with van der Waals surface area (Å²) in [5, 5.41) is 2.98. The zero-order valence-corrected chi connectivity index (χ0v) is 20.8. The lowest BCUT2D eigenvalue weighted by molar-refractivity contribution is -0.142. The lowest BCUT2D eigenvalue weighted by Crippen LogP contribution is -2.53. The van der Waals surface area contributed by atoms with Gasteiger partial charge >= 0.3 is 0 Å². The first-order chi connectivity index (χ1) is 14.8. The van der Waals surface area contributed by atoms with Gasteiger partial charge < -0.3 is 15.0 Å². The second kappa shape index (κ2) is 10.2. The highest BCUT2D eigenvalue weighted by atomic mass is 16.5. The molecule has 174 valence electrons. The highest BCUT2D eigenvalue weighted by molar-refractivity contribution is 5.88. The molecular formula is C27H38N2O3. The van der Waals surface area contributed by atoms with Crippen molar-refractivity contribution in [3.63, 3.8) is 0 Å². The van der Waals surface area contributed by atoms with E-state index in [0.717, 1.165) is 11.1 Å². The van der Waals surface area contributed by atoms with E-state index < -0.39 is 6.04 Å². The number of carbonyl (C=O) groups excluding carboxylic acids is 2.